The van der Waals surface area contributed by atoms with Gasteiger partial charge in [0.2, 0.25) is 17.7 Å². The van der Waals surface area contributed by atoms with E-state index in [0.717, 1.165) is 0 Å². The van der Waals surface area contributed by atoms with Crippen LogP contribution in [0.4, 0.5) is 0 Å². The lowest BCUT2D eigenvalue weighted by Crippen LogP contribution is -2.58. The number of aliphatic hydroxyl groups is 1. The van der Waals surface area contributed by atoms with E-state index < -0.39 is 66.9 Å². The van der Waals surface area contributed by atoms with Crippen molar-refractivity contribution in [3.8, 4) is 0 Å². The van der Waals surface area contributed by atoms with Crippen molar-refractivity contribution in [2.24, 2.45) is 5.73 Å². The van der Waals surface area contributed by atoms with Crippen LogP contribution in [0.2, 0.25) is 0 Å². The van der Waals surface area contributed by atoms with E-state index in [1.807, 2.05) is 0 Å². The maximum absolute atomic E-state index is 12.5. The maximum Gasteiger partial charge on any atom is 0.327 e. The van der Waals surface area contributed by atoms with Crippen molar-refractivity contribution in [2.75, 3.05) is 24.4 Å². The van der Waals surface area contributed by atoms with Gasteiger partial charge < -0.3 is 37.0 Å². The Morgan fingerprint density at radius 1 is 0.966 bits per heavy atom. The Morgan fingerprint density at radius 3 is 1.93 bits per heavy atom. The Kier molecular flexibility index (Phi) is 13.0. The Hall–Kier alpha value is -2.03. The van der Waals surface area contributed by atoms with Crippen molar-refractivity contribution >= 4 is 54.1 Å². The molecule has 4 unspecified atom stereocenters. The third-order valence-corrected chi connectivity index (χ3v) is 4.60. The Balaban J connectivity index is 5.12. The fourth-order valence-corrected chi connectivity index (χ4v) is 2.71. The van der Waals surface area contributed by atoms with Crippen LogP contribution in [0.1, 0.15) is 12.8 Å². The molecule has 0 bridgehead atoms. The lowest BCUT2D eigenvalue weighted by Gasteiger charge is -2.23. The number of amides is 3. The first-order valence-electron chi connectivity index (χ1n) is 8.39. The number of hydrogen-bond acceptors (Lipinski definition) is 9. The van der Waals surface area contributed by atoms with Gasteiger partial charge in [0.1, 0.15) is 18.1 Å². The molecule has 0 spiro atoms. The highest BCUT2D eigenvalue weighted by molar-refractivity contribution is 7.98. The first kappa shape index (κ1) is 27.0. The van der Waals surface area contributed by atoms with Crippen LogP contribution in [0, 0.1) is 0 Å². The van der Waals surface area contributed by atoms with Crippen molar-refractivity contribution in [1.82, 2.24) is 16.0 Å². The molecule has 29 heavy (non-hydrogen) atoms. The van der Waals surface area contributed by atoms with E-state index in [1.54, 1.807) is 6.26 Å². The lowest BCUT2D eigenvalue weighted by molar-refractivity contribution is -0.142. The van der Waals surface area contributed by atoms with E-state index in [1.165, 1.54) is 11.8 Å². The summed E-state index contributed by atoms with van der Waals surface area (Å²) in [5.41, 5.74) is 5.47. The van der Waals surface area contributed by atoms with Crippen molar-refractivity contribution < 1.29 is 39.3 Å². The molecule has 0 aliphatic rings. The molecule has 0 radical (unpaired) electrons. The number of carbonyl (C=O) groups excluding carboxylic acids is 3. The summed E-state index contributed by atoms with van der Waals surface area (Å²) in [7, 11) is 0. The van der Waals surface area contributed by atoms with Crippen LogP contribution in [-0.2, 0) is 24.0 Å². The van der Waals surface area contributed by atoms with Gasteiger partial charge in [-0.15, -0.1) is 0 Å². The van der Waals surface area contributed by atoms with Gasteiger partial charge >= 0.3 is 11.9 Å². The number of aliphatic carboxylic acids is 2. The predicted molar refractivity (Wildman–Crippen MR) is 108 cm³/mol. The van der Waals surface area contributed by atoms with Gasteiger partial charge in [-0.25, -0.2) is 4.79 Å². The number of aliphatic hydroxyl groups excluding tert-OH is 1. The molecule has 3 amide bonds. The topological polar surface area (TPSA) is 208 Å². The molecule has 0 aromatic carbocycles. The summed E-state index contributed by atoms with van der Waals surface area (Å²) >= 11 is 5.18. The molecule has 166 valence electrons. The molecular formula is C15H26N4O8S2. The van der Waals surface area contributed by atoms with Gasteiger partial charge in [0, 0.05) is 5.75 Å². The van der Waals surface area contributed by atoms with Crippen LogP contribution in [0.5, 0.6) is 0 Å². The Bertz CT molecular complexity index is 607. The molecule has 0 aliphatic carbocycles. The quantitative estimate of drug-likeness (QED) is 0.125. The van der Waals surface area contributed by atoms with Gasteiger partial charge in [-0.3, -0.25) is 19.2 Å². The molecule has 0 fully saturated rings. The van der Waals surface area contributed by atoms with Gasteiger partial charge in [0.25, 0.3) is 0 Å². The smallest absolute Gasteiger partial charge is 0.327 e. The summed E-state index contributed by atoms with van der Waals surface area (Å²) in [5.74, 6) is -5.01. The third-order valence-electron chi connectivity index (χ3n) is 3.59. The van der Waals surface area contributed by atoms with E-state index in [-0.39, 0.29) is 12.2 Å². The Morgan fingerprint density at radius 2 is 1.48 bits per heavy atom. The number of carboxylic acids is 2. The van der Waals surface area contributed by atoms with Crippen molar-refractivity contribution in [2.45, 2.75) is 37.0 Å². The van der Waals surface area contributed by atoms with E-state index in [2.05, 4.69) is 28.6 Å². The van der Waals surface area contributed by atoms with Crippen molar-refractivity contribution in [1.29, 1.82) is 0 Å². The van der Waals surface area contributed by atoms with Crippen LogP contribution >= 0.6 is 24.4 Å². The minimum absolute atomic E-state index is 0.146. The zero-order chi connectivity index (χ0) is 22.6. The van der Waals surface area contributed by atoms with Crippen molar-refractivity contribution in [3.63, 3.8) is 0 Å². The number of rotatable bonds is 14. The van der Waals surface area contributed by atoms with Gasteiger partial charge in [0.05, 0.1) is 19.1 Å². The molecule has 8 N–H and O–H groups in total. The van der Waals surface area contributed by atoms with Gasteiger partial charge in [0.15, 0.2) is 0 Å². The normalized spacial score (nSPS) is 14.8. The van der Waals surface area contributed by atoms with Gasteiger partial charge in [-0.05, 0) is 18.4 Å². The molecule has 0 saturated carbocycles. The highest BCUT2D eigenvalue weighted by atomic mass is 32.2. The molecule has 0 saturated heterocycles. The zero-order valence-electron chi connectivity index (χ0n) is 15.7. The molecule has 0 aromatic rings. The van der Waals surface area contributed by atoms with E-state index in [4.69, 9.17) is 15.9 Å². The largest absolute Gasteiger partial charge is 0.481 e. The molecule has 0 aliphatic heterocycles. The number of nitrogens with one attached hydrogen (secondary N) is 3. The molecule has 0 heterocycles. The first-order valence-corrected chi connectivity index (χ1v) is 10.4. The minimum atomic E-state index is -1.47. The summed E-state index contributed by atoms with van der Waals surface area (Å²) in [6, 6.07) is -5.30. The molecule has 14 heteroatoms. The number of hydrogen-bond donors (Lipinski definition) is 8. The zero-order valence-corrected chi connectivity index (χ0v) is 17.4. The van der Waals surface area contributed by atoms with E-state index in [9.17, 15) is 29.1 Å². The fraction of sp³-hybridized carbons (Fsp3) is 0.667. The first-order chi connectivity index (χ1) is 13.6. The number of thioether (sulfide) groups is 1. The molecule has 0 aromatic heterocycles. The summed E-state index contributed by atoms with van der Waals surface area (Å²) in [6.07, 6.45) is 1.28. The number of thiol groups is 1. The average molecular weight is 455 g/mol. The fourth-order valence-electron chi connectivity index (χ4n) is 1.99. The average Bonchev–Trinajstić information content (AvgIpc) is 2.65. The number of carbonyl (C=O) groups is 5. The number of carboxylic acid groups (broad SMARTS) is 2. The highest BCUT2D eigenvalue weighted by Crippen LogP contribution is 2.03. The van der Waals surface area contributed by atoms with Crippen LogP contribution in [0.25, 0.3) is 0 Å². The van der Waals surface area contributed by atoms with Crippen LogP contribution in [-0.4, -0.2) is 93.5 Å². The lowest BCUT2D eigenvalue weighted by atomic mass is 10.1. The summed E-state index contributed by atoms with van der Waals surface area (Å²) in [5, 5.41) is 33.7. The van der Waals surface area contributed by atoms with E-state index in [0.29, 0.717) is 5.75 Å². The minimum Gasteiger partial charge on any atom is -0.481 e. The van der Waals surface area contributed by atoms with Crippen LogP contribution < -0.4 is 21.7 Å². The number of nitrogens with two attached hydrogens (primary N) is 1. The molecular weight excluding hydrogens is 428 g/mol. The monoisotopic (exact) mass is 454 g/mol. The maximum atomic E-state index is 12.5. The Labute approximate surface area is 176 Å². The van der Waals surface area contributed by atoms with Gasteiger partial charge in [-0.1, -0.05) is 0 Å². The van der Waals surface area contributed by atoms with E-state index >= 15 is 0 Å². The molecule has 0 rings (SSSR count). The van der Waals surface area contributed by atoms with Crippen molar-refractivity contribution in [3.05, 3.63) is 0 Å². The second kappa shape index (κ2) is 14.0. The summed E-state index contributed by atoms with van der Waals surface area (Å²) in [4.78, 5) is 58.2. The second-order valence-electron chi connectivity index (χ2n) is 5.87. The van der Waals surface area contributed by atoms with Crippen LogP contribution in [0.15, 0.2) is 0 Å². The van der Waals surface area contributed by atoms with Crippen LogP contribution in [0.3, 0.4) is 0 Å². The third kappa shape index (κ3) is 10.3. The summed E-state index contributed by atoms with van der Waals surface area (Å²) in [6.45, 7) is -0.821. The predicted octanol–water partition coefficient (Wildman–Crippen LogP) is -3.00. The SMILES string of the molecule is CSCCC(NC(=O)C(N)CC(=O)O)C(=O)NC(CO)C(=O)NC(CS)C(=O)O. The second-order valence-corrected chi connectivity index (χ2v) is 7.22. The highest BCUT2D eigenvalue weighted by Gasteiger charge is 2.29. The standard InChI is InChI=1S/C15H26N4O8S2/c1-29-3-2-8(17-12(23)7(16)4-11(21)22)13(24)18-9(5-20)14(25)19-10(6-28)15(26)27/h7-10,20,28H,2-6,16H2,1H3,(H,17,23)(H,18,24)(H,19,25)(H,21,22)(H,26,27). The molecule has 12 nitrogen and oxygen atoms in total. The summed E-state index contributed by atoms with van der Waals surface area (Å²) < 4.78 is 0. The molecule has 4 atom stereocenters. The van der Waals surface area contributed by atoms with Gasteiger partial charge in [-0.2, -0.15) is 24.4 Å².